The minimum absolute atomic E-state index is 0.763. The molecule has 0 aliphatic carbocycles. The van der Waals surface area contributed by atoms with E-state index in [-0.39, 0.29) is 0 Å². The van der Waals surface area contributed by atoms with Crippen LogP contribution in [-0.2, 0) is 6.42 Å². The zero-order valence-electron chi connectivity index (χ0n) is 28.5. The van der Waals surface area contributed by atoms with Crippen LogP contribution in [0.25, 0.3) is 71.0 Å². The summed E-state index contributed by atoms with van der Waals surface area (Å²) in [5, 5.41) is 9.65. The molecule has 7 aromatic carbocycles. The molecule has 0 bridgehead atoms. The molecular weight excluding hydrogens is 609 g/mol. The lowest BCUT2D eigenvalue weighted by Crippen LogP contribution is -1.94. The van der Waals surface area contributed by atoms with Crippen molar-refractivity contribution in [3.8, 4) is 5.75 Å². The Morgan fingerprint density at radius 2 is 1.06 bits per heavy atom. The highest BCUT2D eigenvalue weighted by Crippen LogP contribution is 2.41. The lowest BCUT2D eigenvalue weighted by Gasteiger charge is -2.18. The first-order valence-corrected chi connectivity index (χ1v) is 17.3. The Morgan fingerprint density at radius 3 is 1.74 bits per heavy atom. The van der Waals surface area contributed by atoms with Crippen LogP contribution in [-0.4, -0.2) is 0 Å². The number of rotatable bonds is 5. The van der Waals surface area contributed by atoms with Crippen LogP contribution in [0, 0.1) is 0 Å². The molecule has 1 aliphatic rings. The van der Waals surface area contributed by atoms with Gasteiger partial charge in [-0.1, -0.05) is 115 Å². The molecule has 1 aliphatic heterocycles. The van der Waals surface area contributed by atoms with Crippen LogP contribution in [0.2, 0.25) is 0 Å². The molecule has 0 unspecified atom stereocenters. The Morgan fingerprint density at radius 1 is 0.500 bits per heavy atom. The molecule has 0 spiro atoms. The van der Waals surface area contributed by atoms with Crippen LogP contribution in [0.1, 0.15) is 43.0 Å². The normalized spacial score (nSPS) is 14.8. The summed E-state index contributed by atoms with van der Waals surface area (Å²) in [7, 11) is 0. The fourth-order valence-corrected chi connectivity index (χ4v) is 7.65. The SMILES string of the molecule is C/C(=C\C=C(/C)c1c2ccccc2c(/C(C)=C/C=C2\Cc3cc4cc5c(cc4cc3O2)oc2ccccc25)c2ccccc12)c1ccccc1. The topological polar surface area (TPSA) is 22.4 Å². The van der Waals surface area contributed by atoms with Gasteiger partial charge in [0.05, 0.1) is 0 Å². The van der Waals surface area contributed by atoms with Gasteiger partial charge >= 0.3 is 0 Å². The number of hydrogen-bond donors (Lipinski definition) is 0. The van der Waals surface area contributed by atoms with E-state index in [1.54, 1.807) is 0 Å². The quantitative estimate of drug-likeness (QED) is 0.137. The lowest BCUT2D eigenvalue weighted by atomic mass is 9.86. The maximum absolute atomic E-state index is 6.45. The van der Waals surface area contributed by atoms with Crippen LogP contribution >= 0.6 is 0 Å². The summed E-state index contributed by atoms with van der Waals surface area (Å²) in [6.07, 6.45) is 9.64. The molecule has 9 rings (SSSR count). The van der Waals surface area contributed by atoms with Gasteiger partial charge in [-0.3, -0.25) is 0 Å². The summed E-state index contributed by atoms with van der Waals surface area (Å²) in [4.78, 5) is 0. The van der Waals surface area contributed by atoms with Crippen LogP contribution in [0.5, 0.6) is 5.75 Å². The van der Waals surface area contributed by atoms with Crippen LogP contribution in [0.15, 0.2) is 162 Å². The molecule has 2 heterocycles. The van der Waals surface area contributed by atoms with Crippen molar-refractivity contribution in [1.29, 1.82) is 0 Å². The highest BCUT2D eigenvalue weighted by molar-refractivity contribution is 6.16. The zero-order chi connectivity index (χ0) is 33.8. The predicted molar refractivity (Wildman–Crippen MR) is 212 cm³/mol. The molecule has 8 aromatic rings. The highest BCUT2D eigenvalue weighted by Gasteiger charge is 2.20. The summed E-state index contributed by atoms with van der Waals surface area (Å²) < 4.78 is 12.6. The summed E-state index contributed by atoms with van der Waals surface area (Å²) in [6.45, 7) is 6.62. The summed E-state index contributed by atoms with van der Waals surface area (Å²) in [5.41, 5.74) is 10.5. The van der Waals surface area contributed by atoms with Crippen molar-refractivity contribution in [3.63, 3.8) is 0 Å². The third-order valence-corrected chi connectivity index (χ3v) is 10.2. The predicted octanol–water partition coefficient (Wildman–Crippen LogP) is 13.5. The minimum atomic E-state index is 0.763. The van der Waals surface area contributed by atoms with Gasteiger partial charge in [0, 0.05) is 22.8 Å². The standard InChI is InChI=1S/C48H36O2/c1-30(33-13-5-4-6-14-33)21-22-31(2)47-39-16-7-9-18-41(39)48(42-19-10-8-17-40(42)47)32(3)23-24-37-26-36-25-34-27-43-38-15-11-12-20-44(38)50-46(43)29-35(34)28-45(36)49-37/h4-25,27-29H,26H2,1-3H3/b30-21+,31-22+,32-23+,37-24+. The van der Waals surface area contributed by atoms with Gasteiger partial charge < -0.3 is 9.15 Å². The number of hydrogen-bond acceptors (Lipinski definition) is 2. The van der Waals surface area contributed by atoms with Gasteiger partial charge in [-0.2, -0.15) is 0 Å². The Labute approximate surface area is 291 Å². The first-order chi connectivity index (χ1) is 24.5. The monoisotopic (exact) mass is 644 g/mol. The first-order valence-electron chi connectivity index (χ1n) is 17.3. The maximum atomic E-state index is 6.45. The molecule has 0 amide bonds. The molecule has 0 saturated heterocycles. The number of allylic oxidation sites excluding steroid dienone is 8. The average Bonchev–Trinajstić information content (AvgIpc) is 3.73. The number of benzene rings is 7. The molecule has 1 aromatic heterocycles. The summed E-state index contributed by atoms with van der Waals surface area (Å²) >= 11 is 0. The van der Waals surface area contributed by atoms with Crippen molar-refractivity contribution in [2.75, 3.05) is 0 Å². The van der Waals surface area contributed by atoms with Gasteiger partial charge in [-0.05, 0) is 123 Å². The summed E-state index contributed by atoms with van der Waals surface area (Å²) in [6, 6.07) is 45.3. The summed E-state index contributed by atoms with van der Waals surface area (Å²) in [5.74, 6) is 1.87. The fourth-order valence-electron chi connectivity index (χ4n) is 7.65. The lowest BCUT2D eigenvalue weighted by molar-refractivity contribution is 0.447. The van der Waals surface area contributed by atoms with E-state index in [1.165, 1.54) is 65.9 Å². The third-order valence-electron chi connectivity index (χ3n) is 10.2. The Bertz CT molecular complexity index is 2710. The highest BCUT2D eigenvalue weighted by atomic mass is 16.5. The largest absolute Gasteiger partial charge is 0.461 e. The molecule has 2 heteroatoms. The smallest absolute Gasteiger partial charge is 0.136 e. The molecule has 0 fully saturated rings. The second-order valence-electron chi connectivity index (χ2n) is 13.4. The maximum Gasteiger partial charge on any atom is 0.136 e. The first kappa shape index (κ1) is 30.0. The number of furan rings is 1. The number of para-hydroxylation sites is 1. The van der Waals surface area contributed by atoms with E-state index in [4.69, 9.17) is 9.15 Å². The fraction of sp³-hybridized carbons (Fsp3) is 0.0833. The van der Waals surface area contributed by atoms with Crippen molar-refractivity contribution in [3.05, 3.63) is 180 Å². The van der Waals surface area contributed by atoms with Crippen LogP contribution in [0.3, 0.4) is 0 Å². The van der Waals surface area contributed by atoms with Gasteiger partial charge in [0.1, 0.15) is 22.7 Å². The minimum Gasteiger partial charge on any atom is -0.461 e. The zero-order valence-corrected chi connectivity index (χ0v) is 28.5. The van der Waals surface area contributed by atoms with Crippen molar-refractivity contribution < 1.29 is 9.15 Å². The van der Waals surface area contributed by atoms with Gasteiger partial charge in [0.15, 0.2) is 0 Å². The van der Waals surface area contributed by atoms with Crippen molar-refractivity contribution in [2.45, 2.75) is 27.2 Å². The van der Waals surface area contributed by atoms with Gasteiger partial charge in [0.2, 0.25) is 0 Å². The second kappa shape index (κ2) is 12.1. The number of fused-ring (bicyclic) bond motifs is 7. The molecule has 0 atom stereocenters. The molecule has 50 heavy (non-hydrogen) atoms. The third kappa shape index (κ3) is 5.12. The van der Waals surface area contributed by atoms with Crippen molar-refractivity contribution >= 4 is 71.0 Å². The van der Waals surface area contributed by atoms with Gasteiger partial charge in [-0.25, -0.2) is 0 Å². The molecular formula is C48H36O2. The van der Waals surface area contributed by atoms with E-state index in [2.05, 4.69) is 160 Å². The molecule has 0 radical (unpaired) electrons. The Hall–Kier alpha value is -6.12. The van der Waals surface area contributed by atoms with E-state index < -0.39 is 0 Å². The van der Waals surface area contributed by atoms with Crippen molar-refractivity contribution in [1.82, 2.24) is 0 Å². The molecule has 240 valence electrons. The van der Waals surface area contributed by atoms with Crippen LogP contribution < -0.4 is 4.74 Å². The van der Waals surface area contributed by atoms with Gasteiger partial charge in [0.25, 0.3) is 0 Å². The van der Waals surface area contributed by atoms with E-state index in [0.29, 0.717) is 0 Å². The van der Waals surface area contributed by atoms with E-state index in [1.807, 2.05) is 12.1 Å². The Balaban J connectivity index is 1.09. The van der Waals surface area contributed by atoms with Gasteiger partial charge in [-0.15, -0.1) is 0 Å². The molecule has 0 N–H and O–H groups in total. The van der Waals surface area contributed by atoms with E-state index in [9.17, 15) is 0 Å². The molecule has 0 saturated carbocycles. The van der Waals surface area contributed by atoms with Crippen LogP contribution in [0.4, 0.5) is 0 Å². The Kier molecular flexibility index (Phi) is 7.25. The second-order valence-corrected chi connectivity index (χ2v) is 13.4. The molecule has 2 nitrogen and oxygen atoms in total. The average molecular weight is 645 g/mol. The van der Waals surface area contributed by atoms with E-state index in [0.717, 1.165) is 45.3 Å². The number of ether oxygens (including phenoxy) is 1. The van der Waals surface area contributed by atoms with Crippen molar-refractivity contribution in [2.24, 2.45) is 0 Å². The van der Waals surface area contributed by atoms with E-state index >= 15 is 0 Å².